The molecular formula is C18H30N4O2. The summed E-state index contributed by atoms with van der Waals surface area (Å²) in [7, 11) is 2.03. The molecule has 6 heteroatoms. The van der Waals surface area contributed by atoms with Crippen LogP contribution in [0.2, 0.25) is 0 Å². The molecule has 134 valence electrons. The van der Waals surface area contributed by atoms with Crippen LogP contribution in [0.1, 0.15) is 45.0 Å². The van der Waals surface area contributed by atoms with Crippen LogP contribution in [0.15, 0.2) is 12.4 Å². The van der Waals surface area contributed by atoms with Gasteiger partial charge in [0.15, 0.2) is 0 Å². The second-order valence-corrected chi connectivity index (χ2v) is 6.95. The van der Waals surface area contributed by atoms with Crippen molar-refractivity contribution in [3.8, 4) is 0 Å². The Hall–Kier alpha value is -1.40. The molecule has 0 radical (unpaired) electrons. The summed E-state index contributed by atoms with van der Waals surface area (Å²) in [6, 6.07) is 0.189. The van der Waals surface area contributed by atoms with Gasteiger partial charge >= 0.3 is 0 Å². The van der Waals surface area contributed by atoms with Gasteiger partial charge in [-0.2, -0.15) is 0 Å². The molecule has 3 heterocycles. The number of rotatable bonds is 4. The molecule has 2 fully saturated rings. The van der Waals surface area contributed by atoms with Crippen LogP contribution in [0.4, 0.5) is 0 Å². The predicted molar refractivity (Wildman–Crippen MR) is 92.5 cm³/mol. The van der Waals surface area contributed by atoms with Crippen molar-refractivity contribution in [2.75, 3.05) is 32.8 Å². The number of hydrogen-bond acceptors (Lipinski definition) is 4. The third-order valence-corrected chi connectivity index (χ3v) is 5.54. The second kappa shape index (κ2) is 7.66. The van der Waals surface area contributed by atoms with E-state index >= 15 is 0 Å². The largest absolute Gasteiger partial charge is 0.378 e. The van der Waals surface area contributed by atoms with Gasteiger partial charge in [0.2, 0.25) is 5.91 Å². The predicted octanol–water partition coefficient (Wildman–Crippen LogP) is 1.83. The van der Waals surface area contributed by atoms with Crippen molar-refractivity contribution in [1.82, 2.24) is 19.4 Å². The van der Waals surface area contributed by atoms with Crippen LogP contribution in [0.3, 0.4) is 0 Å². The summed E-state index contributed by atoms with van der Waals surface area (Å²) in [6.07, 6.45) is 6.79. The van der Waals surface area contributed by atoms with Gasteiger partial charge in [-0.05, 0) is 25.8 Å². The Bertz CT molecular complexity index is 559. The molecule has 1 aromatic heterocycles. The maximum absolute atomic E-state index is 13.0. The number of amides is 1. The molecule has 0 bridgehead atoms. The van der Waals surface area contributed by atoms with Crippen molar-refractivity contribution in [3.05, 3.63) is 18.2 Å². The summed E-state index contributed by atoms with van der Waals surface area (Å²) in [4.78, 5) is 22.1. The number of likely N-dealkylation sites (N-methyl/N-ethyl adjacent to an activating group) is 1. The summed E-state index contributed by atoms with van der Waals surface area (Å²) in [5, 5.41) is 0. The van der Waals surface area contributed by atoms with Crippen molar-refractivity contribution in [2.24, 2.45) is 13.0 Å². The number of aromatic nitrogens is 2. The molecular weight excluding hydrogens is 304 g/mol. The Morgan fingerprint density at radius 2 is 2.21 bits per heavy atom. The highest BCUT2D eigenvalue weighted by molar-refractivity contribution is 5.79. The zero-order valence-electron chi connectivity index (χ0n) is 15.1. The van der Waals surface area contributed by atoms with Gasteiger partial charge in [0.1, 0.15) is 5.82 Å². The van der Waals surface area contributed by atoms with Crippen LogP contribution in [0, 0.1) is 5.92 Å². The van der Waals surface area contributed by atoms with Crippen molar-refractivity contribution >= 4 is 5.91 Å². The molecule has 0 unspecified atom stereocenters. The monoisotopic (exact) mass is 334 g/mol. The highest BCUT2D eigenvalue weighted by Crippen LogP contribution is 2.28. The van der Waals surface area contributed by atoms with E-state index in [1.54, 1.807) is 0 Å². The normalized spacial score (nSPS) is 29.0. The summed E-state index contributed by atoms with van der Waals surface area (Å²) in [5.41, 5.74) is 0. The average Bonchev–Trinajstić information content (AvgIpc) is 3.06. The lowest BCUT2D eigenvalue weighted by Crippen LogP contribution is -2.53. The van der Waals surface area contributed by atoms with Crippen molar-refractivity contribution in [1.29, 1.82) is 0 Å². The molecule has 0 spiro atoms. The molecule has 1 aromatic rings. The Morgan fingerprint density at radius 3 is 2.88 bits per heavy atom. The quantitative estimate of drug-likeness (QED) is 0.843. The maximum atomic E-state index is 13.0. The molecule has 6 nitrogen and oxygen atoms in total. The van der Waals surface area contributed by atoms with E-state index in [0.717, 1.165) is 51.3 Å². The molecule has 2 aliphatic rings. The molecule has 24 heavy (non-hydrogen) atoms. The lowest BCUT2D eigenvalue weighted by molar-refractivity contribution is -0.144. The van der Waals surface area contributed by atoms with Gasteiger partial charge in [0.25, 0.3) is 0 Å². The topological polar surface area (TPSA) is 50.6 Å². The number of nitrogens with zero attached hydrogens (tertiary/aromatic N) is 4. The third kappa shape index (κ3) is 3.49. The van der Waals surface area contributed by atoms with Crippen LogP contribution in [0.25, 0.3) is 0 Å². The number of piperazine rings is 1. The fourth-order valence-electron chi connectivity index (χ4n) is 3.99. The standard InChI is InChI=1S/C18H30N4O2/c1-4-15-12-14(6-11-24-15)18(23)22-10-9-21(5-2)16(13-22)17-19-7-8-20(17)3/h7-8,14-16H,4-6,9-13H2,1-3H3/t14-,15-,16-/m1/s1. The van der Waals surface area contributed by atoms with Crippen LogP contribution in [-0.2, 0) is 16.6 Å². The average molecular weight is 334 g/mol. The SMILES string of the molecule is CC[C@@H]1C[C@H](C(=O)N2CCN(CC)[C@@H](c3nccn3C)C2)CCO1. The number of hydrogen-bond donors (Lipinski definition) is 0. The zero-order valence-corrected chi connectivity index (χ0v) is 15.1. The summed E-state index contributed by atoms with van der Waals surface area (Å²) in [5.74, 6) is 1.48. The fraction of sp³-hybridized carbons (Fsp3) is 0.778. The van der Waals surface area contributed by atoms with Gasteiger partial charge < -0.3 is 14.2 Å². The van der Waals surface area contributed by atoms with Crippen molar-refractivity contribution in [2.45, 2.75) is 45.3 Å². The van der Waals surface area contributed by atoms with E-state index in [9.17, 15) is 4.79 Å². The van der Waals surface area contributed by atoms with Gasteiger partial charge in [0.05, 0.1) is 12.1 Å². The van der Waals surface area contributed by atoms with Crippen LogP contribution in [-0.4, -0.2) is 64.1 Å². The van der Waals surface area contributed by atoms with Gasteiger partial charge in [-0.1, -0.05) is 13.8 Å². The number of ether oxygens (including phenoxy) is 1. The second-order valence-electron chi connectivity index (χ2n) is 6.95. The number of aryl methyl sites for hydroxylation is 1. The van der Waals surface area contributed by atoms with Crippen LogP contribution in [0.5, 0.6) is 0 Å². The molecule has 0 saturated carbocycles. The van der Waals surface area contributed by atoms with Crippen molar-refractivity contribution < 1.29 is 9.53 Å². The number of carbonyl (C=O) groups excluding carboxylic acids is 1. The maximum Gasteiger partial charge on any atom is 0.225 e. The number of carbonyl (C=O) groups is 1. The molecule has 0 N–H and O–H groups in total. The third-order valence-electron chi connectivity index (χ3n) is 5.54. The van der Waals surface area contributed by atoms with Crippen LogP contribution >= 0.6 is 0 Å². The van der Waals surface area contributed by atoms with Gasteiger partial charge in [-0.15, -0.1) is 0 Å². The van der Waals surface area contributed by atoms with Crippen molar-refractivity contribution in [3.63, 3.8) is 0 Å². The lowest BCUT2D eigenvalue weighted by atomic mass is 9.92. The first-order chi connectivity index (χ1) is 11.6. The molecule has 3 rings (SSSR count). The van der Waals surface area contributed by atoms with E-state index in [0.29, 0.717) is 12.5 Å². The molecule has 3 atom stereocenters. The Morgan fingerprint density at radius 1 is 1.38 bits per heavy atom. The van der Waals surface area contributed by atoms with Gasteiger partial charge in [-0.3, -0.25) is 9.69 Å². The Labute approximate surface area is 144 Å². The van der Waals surface area contributed by atoms with Gasteiger partial charge in [-0.25, -0.2) is 4.98 Å². The molecule has 2 saturated heterocycles. The molecule has 2 aliphatic heterocycles. The summed E-state index contributed by atoms with van der Waals surface area (Å²) in [6.45, 7) is 8.49. The zero-order chi connectivity index (χ0) is 17.1. The lowest BCUT2D eigenvalue weighted by Gasteiger charge is -2.42. The first kappa shape index (κ1) is 17.4. The molecule has 0 aromatic carbocycles. The van der Waals surface area contributed by atoms with E-state index in [2.05, 4.69) is 33.2 Å². The molecule has 1 amide bonds. The van der Waals surface area contributed by atoms with E-state index < -0.39 is 0 Å². The van der Waals surface area contributed by atoms with E-state index in [1.165, 1.54) is 0 Å². The minimum absolute atomic E-state index is 0.124. The van der Waals surface area contributed by atoms with Crippen LogP contribution < -0.4 is 0 Å². The molecule has 0 aliphatic carbocycles. The highest BCUT2D eigenvalue weighted by Gasteiger charge is 2.36. The highest BCUT2D eigenvalue weighted by atomic mass is 16.5. The van der Waals surface area contributed by atoms with E-state index in [-0.39, 0.29) is 18.1 Å². The fourth-order valence-corrected chi connectivity index (χ4v) is 3.99. The minimum Gasteiger partial charge on any atom is -0.378 e. The van der Waals surface area contributed by atoms with Gasteiger partial charge in [0, 0.05) is 51.6 Å². The Kier molecular flexibility index (Phi) is 5.56. The minimum atomic E-state index is 0.124. The summed E-state index contributed by atoms with van der Waals surface area (Å²) < 4.78 is 7.81. The first-order valence-electron chi connectivity index (χ1n) is 9.25. The van der Waals surface area contributed by atoms with E-state index in [1.807, 2.05) is 19.4 Å². The Balaban J connectivity index is 1.70. The summed E-state index contributed by atoms with van der Waals surface area (Å²) >= 11 is 0. The first-order valence-corrected chi connectivity index (χ1v) is 9.25. The smallest absolute Gasteiger partial charge is 0.225 e. The van der Waals surface area contributed by atoms with E-state index in [4.69, 9.17) is 4.74 Å². The number of imidazole rings is 1.